The first-order valence-electron chi connectivity index (χ1n) is 3.87. The predicted molar refractivity (Wildman–Crippen MR) is 41.0 cm³/mol. The van der Waals surface area contributed by atoms with Gasteiger partial charge >= 0.3 is 0 Å². The van der Waals surface area contributed by atoms with Crippen LogP contribution in [0.25, 0.3) is 0 Å². The standard InChI is InChI=1S/C8H13NO2/c1-6(10)8-3-4-9(5-8)7(2)11/h8H,3-5H2,1-2H3. The first kappa shape index (κ1) is 8.24. The lowest BCUT2D eigenvalue weighted by atomic mass is 10.1. The fraction of sp³-hybridized carbons (Fsp3) is 0.750. The summed E-state index contributed by atoms with van der Waals surface area (Å²) in [7, 11) is 0. The van der Waals surface area contributed by atoms with Crippen LogP contribution in [0.15, 0.2) is 0 Å². The number of ketones is 1. The average molecular weight is 155 g/mol. The van der Waals surface area contributed by atoms with E-state index in [-0.39, 0.29) is 17.6 Å². The molecule has 0 N–H and O–H groups in total. The molecule has 0 bridgehead atoms. The van der Waals surface area contributed by atoms with Crippen molar-refractivity contribution in [3.05, 3.63) is 0 Å². The van der Waals surface area contributed by atoms with Crippen molar-refractivity contribution in [2.45, 2.75) is 20.3 Å². The van der Waals surface area contributed by atoms with E-state index in [2.05, 4.69) is 0 Å². The Kier molecular flexibility index (Phi) is 2.27. The third kappa shape index (κ3) is 1.79. The maximum Gasteiger partial charge on any atom is 0.219 e. The van der Waals surface area contributed by atoms with Gasteiger partial charge in [-0.25, -0.2) is 0 Å². The second-order valence-electron chi connectivity index (χ2n) is 3.06. The second-order valence-corrected chi connectivity index (χ2v) is 3.06. The van der Waals surface area contributed by atoms with Gasteiger partial charge in [-0.2, -0.15) is 0 Å². The molecule has 1 atom stereocenters. The Balaban J connectivity index is 2.47. The van der Waals surface area contributed by atoms with Gasteiger partial charge in [0, 0.05) is 25.9 Å². The topological polar surface area (TPSA) is 37.4 Å². The van der Waals surface area contributed by atoms with E-state index in [1.54, 1.807) is 18.7 Å². The van der Waals surface area contributed by atoms with E-state index in [0.717, 1.165) is 13.0 Å². The van der Waals surface area contributed by atoms with Crippen molar-refractivity contribution in [3.8, 4) is 0 Å². The van der Waals surface area contributed by atoms with E-state index in [1.165, 1.54) is 0 Å². The number of carbonyl (C=O) groups is 2. The molecule has 1 saturated heterocycles. The van der Waals surface area contributed by atoms with Crippen molar-refractivity contribution < 1.29 is 9.59 Å². The van der Waals surface area contributed by atoms with Crippen LogP contribution >= 0.6 is 0 Å². The van der Waals surface area contributed by atoms with Crippen LogP contribution in [0.2, 0.25) is 0 Å². The molecule has 0 radical (unpaired) electrons. The van der Waals surface area contributed by atoms with E-state index in [4.69, 9.17) is 0 Å². The molecule has 1 heterocycles. The van der Waals surface area contributed by atoms with Gasteiger partial charge in [0.25, 0.3) is 0 Å². The zero-order valence-corrected chi connectivity index (χ0v) is 6.96. The first-order valence-corrected chi connectivity index (χ1v) is 3.87. The molecular formula is C8H13NO2. The normalized spacial score (nSPS) is 23.8. The summed E-state index contributed by atoms with van der Waals surface area (Å²) >= 11 is 0. The number of rotatable bonds is 1. The molecule has 1 amide bonds. The summed E-state index contributed by atoms with van der Waals surface area (Å²) in [6.07, 6.45) is 0.842. The minimum absolute atomic E-state index is 0.0775. The van der Waals surface area contributed by atoms with E-state index in [9.17, 15) is 9.59 Å². The Bertz CT molecular complexity index is 169. The van der Waals surface area contributed by atoms with Crippen LogP contribution in [0.3, 0.4) is 0 Å². The maximum absolute atomic E-state index is 10.9. The Morgan fingerprint density at radius 1 is 1.36 bits per heavy atom. The highest BCUT2D eigenvalue weighted by Gasteiger charge is 2.26. The van der Waals surface area contributed by atoms with Crippen LogP contribution in [0, 0.1) is 5.92 Å². The van der Waals surface area contributed by atoms with Crippen molar-refractivity contribution in [3.63, 3.8) is 0 Å². The van der Waals surface area contributed by atoms with Crippen molar-refractivity contribution in [1.29, 1.82) is 0 Å². The monoisotopic (exact) mass is 155 g/mol. The zero-order chi connectivity index (χ0) is 8.43. The summed E-state index contributed by atoms with van der Waals surface area (Å²) in [6, 6.07) is 0. The van der Waals surface area contributed by atoms with Gasteiger partial charge in [0.15, 0.2) is 0 Å². The molecule has 1 aliphatic heterocycles. The number of amides is 1. The number of likely N-dealkylation sites (tertiary alicyclic amines) is 1. The molecule has 0 aromatic rings. The molecule has 0 aromatic carbocycles. The first-order chi connectivity index (χ1) is 5.11. The molecule has 3 heteroatoms. The van der Waals surface area contributed by atoms with Gasteiger partial charge in [0.05, 0.1) is 0 Å². The lowest BCUT2D eigenvalue weighted by molar-refractivity contribution is -0.128. The molecule has 0 aromatic heterocycles. The van der Waals surface area contributed by atoms with Gasteiger partial charge < -0.3 is 4.90 Å². The van der Waals surface area contributed by atoms with E-state index in [0.29, 0.717) is 6.54 Å². The van der Waals surface area contributed by atoms with Crippen molar-refractivity contribution in [2.24, 2.45) is 5.92 Å². The van der Waals surface area contributed by atoms with Crippen LogP contribution < -0.4 is 0 Å². The third-order valence-corrected chi connectivity index (χ3v) is 2.21. The minimum atomic E-state index is 0.0775. The highest BCUT2D eigenvalue weighted by molar-refractivity contribution is 5.81. The van der Waals surface area contributed by atoms with E-state index < -0.39 is 0 Å². The van der Waals surface area contributed by atoms with E-state index >= 15 is 0 Å². The molecule has 1 fully saturated rings. The molecule has 11 heavy (non-hydrogen) atoms. The summed E-state index contributed by atoms with van der Waals surface area (Å²) in [5, 5.41) is 0. The fourth-order valence-corrected chi connectivity index (χ4v) is 1.38. The summed E-state index contributed by atoms with van der Waals surface area (Å²) in [5.41, 5.74) is 0. The third-order valence-electron chi connectivity index (χ3n) is 2.21. The Hall–Kier alpha value is -0.860. The number of hydrogen-bond donors (Lipinski definition) is 0. The van der Waals surface area contributed by atoms with Crippen LogP contribution in [0.1, 0.15) is 20.3 Å². The molecule has 0 aliphatic carbocycles. The van der Waals surface area contributed by atoms with Crippen molar-refractivity contribution in [1.82, 2.24) is 4.90 Å². The quantitative estimate of drug-likeness (QED) is 0.551. The van der Waals surface area contributed by atoms with Gasteiger partial charge in [0.1, 0.15) is 5.78 Å². The average Bonchev–Trinajstić information content (AvgIpc) is 2.33. The van der Waals surface area contributed by atoms with Crippen LogP contribution in [0.4, 0.5) is 0 Å². The maximum atomic E-state index is 10.9. The molecule has 1 unspecified atom stereocenters. The van der Waals surface area contributed by atoms with Gasteiger partial charge in [-0.15, -0.1) is 0 Å². The summed E-state index contributed by atoms with van der Waals surface area (Å²) in [5.74, 6) is 0.376. The van der Waals surface area contributed by atoms with E-state index in [1.807, 2.05) is 0 Å². The lowest BCUT2D eigenvalue weighted by Gasteiger charge is -2.12. The molecule has 3 nitrogen and oxygen atoms in total. The molecule has 1 rings (SSSR count). The Morgan fingerprint density at radius 3 is 2.27 bits per heavy atom. The van der Waals surface area contributed by atoms with Gasteiger partial charge in [-0.05, 0) is 13.3 Å². The van der Waals surface area contributed by atoms with Crippen LogP contribution in [0.5, 0.6) is 0 Å². The minimum Gasteiger partial charge on any atom is -0.342 e. The number of carbonyl (C=O) groups excluding carboxylic acids is 2. The number of hydrogen-bond acceptors (Lipinski definition) is 2. The van der Waals surface area contributed by atoms with Crippen LogP contribution in [-0.4, -0.2) is 29.7 Å². The van der Waals surface area contributed by atoms with Crippen molar-refractivity contribution >= 4 is 11.7 Å². The van der Waals surface area contributed by atoms with Gasteiger partial charge in [-0.3, -0.25) is 9.59 Å². The predicted octanol–water partition coefficient (Wildman–Crippen LogP) is 0.444. The summed E-state index contributed by atoms with van der Waals surface area (Å²) < 4.78 is 0. The molecule has 62 valence electrons. The van der Waals surface area contributed by atoms with Gasteiger partial charge in [0.2, 0.25) is 5.91 Å². The summed E-state index contributed by atoms with van der Waals surface area (Å²) in [4.78, 5) is 23.4. The smallest absolute Gasteiger partial charge is 0.219 e. The zero-order valence-electron chi connectivity index (χ0n) is 6.96. The second kappa shape index (κ2) is 3.03. The van der Waals surface area contributed by atoms with Crippen molar-refractivity contribution in [2.75, 3.05) is 13.1 Å². The largest absolute Gasteiger partial charge is 0.342 e. The number of nitrogens with zero attached hydrogens (tertiary/aromatic N) is 1. The molecule has 0 saturated carbocycles. The molecule has 1 aliphatic rings. The highest BCUT2D eigenvalue weighted by Crippen LogP contribution is 2.16. The Morgan fingerprint density at radius 2 is 2.00 bits per heavy atom. The lowest BCUT2D eigenvalue weighted by Crippen LogP contribution is -2.26. The fourth-order valence-electron chi connectivity index (χ4n) is 1.38. The molecular weight excluding hydrogens is 142 g/mol. The van der Waals surface area contributed by atoms with Gasteiger partial charge in [-0.1, -0.05) is 0 Å². The summed E-state index contributed by atoms with van der Waals surface area (Å²) in [6.45, 7) is 4.51. The number of Topliss-reactive ketones (excluding diaryl/α,β-unsaturated/α-hetero) is 1. The SMILES string of the molecule is CC(=O)C1CCN(C(C)=O)C1. The van der Waals surface area contributed by atoms with Crippen LogP contribution in [-0.2, 0) is 9.59 Å². The Labute approximate surface area is 66.4 Å². The molecule has 0 spiro atoms. The highest BCUT2D eigenvalue weighted by atomic mass is 16.2.